The Morgan fingerprint density at radius 3 is 2.37 bits per heavy atom. The third-order valence-corrected chi connectivity index (χ3v) is 5.50. The van der Waals surface area contributed by atoms with Crippen molar-refractivity contribution in [1.29, 1.82) is 0 Å². The lowest BCUT2D eigenvalue weighted by Gasteiger charge is -2.25. The van der Waals surface area contributed by atoms with E-state index in [9.17, 15) is 4.79 Å². The lowest BCUT2D eigenvalue weighted by molar-refractivity contribution is 0.102. The Hall–Kier alpha value is -3.56. The van der Waals surface area contributed by atoms with Gasteiger partial charge in [-0.25, -0.2) is 0 Å². The van der Waals surface area contributed by atoms with Crippen LogP contribution in [-0.4, -0.2) is 5.78 Å². The Morgan fingerprint density at radius 2 is 1.57 bits per heavy atom. The molecular weight excluding hydrogens is 394 g/mol. The fourth-order valence-corrected chi connectivity index (χ4v) is 3.86. The summed E-state index contributed by atoms with van der Waals surface area (Å²) in [5.74, 6) is 1.16. The van der Waals surface area contributed by atoms with E-state index in [2.05, 4.69) is 17.4 Å². The van der Waals surface area contributed by atoms with Crippen molar-refractivity contribution < 1.29 is 9.53 Å². The number of ketones is 1. The highest BCUT2D eigenvalue weighted by Gasteiger charge is 2.27. The molecule has 0 atom stereocenters. The van der Waals surface area contributed by atoms with E-state index in [1.54, 1.807) is 12.1 Å². The topological polar surface area (TPSA) is 38.3 Å². The minimum Gasteiger partial charge on any atom is -0.440 e. The van der Waals surface area contributed by atoms with Crippen LogP contribution >= 0.6 is 11.6 Å². The first kappa shape index (κ1) is 18.5. The molecule has 0 unspecified atom stereocenters. The Bertz CT molecular complexity index is 1280. The number of benzene rings is 4. The number of carbonyl (C=O) groups excluding carboxylic acids is 1. The quantitative estimate of drug-likeness (QED) is 0.383. The van der Waals surface area contributed by atoms with Crippen LogP contribution in [-0.2, 0) is 6.42 Å². The number of carbonyl (C=O) groups is 1. The van der Waals surface area contributed by atoms with E-state index in [1.807, 2.05) is 66.7 Å². The number of rotatable bonds is 4. The predicted molar refractivity (Wildman–Crippen MR) is 121 cm³/mol. The first-order valence-electron chi connectivity index (χ1n) is 9.73. The first-order valence-corrected chi connectivity index (χ1v) is 10.1. The average molecular weight is 412 g/mol. The maximum atomic E-state index is 13.4. The van der Waals surface area contributed by atoms with Gasteiger partial charge in [-0.05, 0) is 41.1 Å². The number of Topliss-reactive ketones (excluding diaryl/α,β-unsaturated/α-hetero) is 1. The molecule has 3 nitrogen and oxygen atoms in total. The summed E-state index contributed by atoms with van der Waals surface area (Å²) in [6, 6.07) is 28.8. The van der Waals surface area contributed by atoms with E-state index in [1.165, 1.54) is 0 Å². The standard InChI is InChI=1S/C26H18ClNO2/c27-19-11-13-20(14-12-19)28-26-23(25(29)18-7-2-1-3-8-18)16-22-21-9-5-4-6-17(21)10-15-24(22)30-26/h1-15,28H,16H2. The van der Waals surface area contributed by atoms with Crippen molar-refractivity contribution in [1.82, 2.24) is 0 Å². The summed E-state index contributed by atoms with van der Waals surface area (Å²) in [6.45, 7) is 0. The zero-order valence-electron chi connectivity index (χ0n) is 16.1. The molecule has 0 aromatic heterocycles. The lowest BCUT2D eigenvalue weighted by atomic mass is 9.92. The van der Waals surface area contributed by atoms with Crippen LogP contribution in [0.15, 0.2) is 102 Å². The van der Waals surface area contributed by atoms with Crippen molar-refractivity contribution >= 4 is 33.8 Å². The summed E-state index contributed by atoms with van der Waals surface area (Å²) in [6.07, 6.45) is 0.486. The van der Waals surface area contributed by atoms with Gasteiger partial charge in [-0.2, -0.15) is 0 Å². The van der Waals surface area contributed by atoms with E-state index in [0.29, 0.717) is 28.5 Å². The highest BCUT2D eigenvalue weighted by atomic mass is 35.5. The summed E-state index contributed by atoms with van der Waals surface area (Å²) < 4.78 is 6.24. The van der Waals surface area contributed by atoms with Crippen molar-refractivity contribution in [2.24, 2.45) is 0 Å². The van der Waals surface area contributed by atoms with Crippen molar-refractivity contribution in [3.05, 3.63) is 119 Å². The van der Waals surface area contributed by atoms with Gasteiger partial charge in [0.15, 0.2) is 5.78 Å². The normalized spacial score (nSPS) is 13.0. The van der Waals surface area contributed by atoms with Crippen LogP contribution in [0.1, 0.15) is 15.9 Å². The molecule has 30 heavy (non-hydrogen) atoms. The molecule has 0 fully saturated rings. The molecule has 1 heterocycles. The number of ether oxygens (including phenoxy) is 1. The Labute approximate surface area is 179 Å². The maximum Gasteiger partial charge on any atom is 0.205 e. The van der Waals surface area contributed by atoms with Crippen molar-refractivity contribution in [2.45, 2.75) is 6.42 Å². The number of fused-ring (bicyclic) bond motifs is 3. The molecule has 4 aromatic carbocycles. The molecule has 0 bridgehead atoms. The second-order valence-electron chi connectivity index (χ2n) is 7.18. The van der Waals surface area contributed by atoms with E-state index < -0.39 is 0 Å². The number of anilines is 1. The molecule has 4 aromatic rings. The van der Waals surface area contributed by atoms with Crippen LogP contribution in [0.25, 0.3) is 10.8 Å². The molecule has 5 rings (SSSR count). The molecule has 0 aliphatic carbocycles. The van der Waals surface area contributed by atoms with E-state index in [-0.39, 0.29) is 5.78 Å². The van der Waals surface area contributed by atoms with Gasteiger partial charge in [0.05, 0.1) is 5.57 Å². The van der Waals surface area contributed by atoms with Gasteiger partial charge in [-0.3, -0.25) is 4.79 Å². The molecule has 0 saturated heterocycles. The van der Waals surface area contributed by atoms with Crippen LogP contribution in [0.5, 0.6) is 5.75 Å². The monoisotopic (exact) mass is 411 g/mol. The number of allylic oxidation sites excluding steroid dienone is 1. The molecule has 0 amide bonds. The average Bonchev–Trinajstić information content (AvgIpc) is 2.80. The molecule has 146 valence electrons. The summed E-state index contributed by atoms with van der Waals surface area (Å²) in [7, 11) is 0. The van der Waals surface area contributed by atoms with Gasteiger partial charge < -0.3 is 10.1 Å². The van der Waals surface area contributed by atoms with Gasteiger partial charge in [0.2, 0.25) is 5.88 Å². The SMILES string of the molecule is O=C(C1=C(Nc2ccc(Cl)cc2)Oc2ccc3ccccc3c2C1)c1ccccc1. The second kappa shape index (κ2) is 7.69. The molecule has 0 saturated carbocycles. The number of hydrogen-bond acceptors (Lipinski definition) is 3. The summed E-state index contributed by atoms with van der Waals surface area (Å²) in [5, 5.41) is 6.15. The highest BCUT2D eigenvalue weighted by Crippen LogP contribution is 2.37. The van der Waals surface area contributed by atoms with Crippen LogP contribution in [0, 0.1) is 0 Å². The third-order valence-electron chi connectivity index (χ3n) is 5.25. The van der Waals surface area contributed by atoms with Gasteiger partial charge in [0.25, 0.3) is 0 Å². The van der Waals surface area contributed by atoms with Crippen LogP contribution in [0.4, 0.5) is 5.69 Å². The summed E-state index contributed by atoms with van der Waals surface area (Å²) in [5.41, 5.74) is 3.06. The highest BCUT2D eigenvalue weighted by molar-refractivity contribution is 6.30. The van der Waals surface area contributed by atoms with Crippen LogP contribution in [0.3, 0.4) is 0 Å². The zero-order chi connectivity index (χ0) is 20.5. The minimum absolute atomic E-state index is 0.0503. The molecule has 0 spiro atoms. The fraction of sp³-hybridized carbons (Fsp3) is 0.0385. The molecular formula is C26H18ClNO2. The van der Waals surface area contributed by atoms with Gasteiger partial charge in [0.1, 0.15) is 5.75 Å². The Kier molecular flexibility index (Phi) is 4.74. The number of halogens is 1. The molecule has 1 aliphatic rings. The van der Waals surface area contributed by atoms with Crippen LogP contribution < -0.4 is 10.1 Å². The summed E-state index contributed by atoms with van der Waals surface area (Å²) in [4.78, 5) is 13.4. The lowest BCUT2D eigenvalue weighted by Crippen LogP contribution is -2.22. The van der Waals surface area contributed by atoms with Gasteiger partial charge in [0, 0.05) is 28.3 Å². The first-order chi connectivity index (χ1) is 14.7. The van der Waals surface area contributed by atoms with E-state index >= 15 is 0 Å². The maximum absolute atomic E-state index is 13.4. The number of hydrogen-bond donors (Lipinski definition) is 1. The zero-order valence-corrected chi connectivity index (χ0v) is 16.8. The third kappa shape index (κ3) is 3.44. The molecule has 4 heteroatoms. The predicted octanol–water partition coefficient (Wildman–Crippen LogP) is 6.63. The molecule has 1 N–H and O–H groups in total. The Morgan fingerprint density at radius 1 is 0.833 bits per heavy atom. The van der Waals surface area contributed by atoms with E-state index in [0.717, 1.165) is 27.8 Å². The second-order valence-corrected chi connectivity index (χ2v) is 7.61. The van der Waals surface area contributed by atoms with Gasteiger partial charge in [-0.15, -0.1) is 0 Å². The van der Waals surface area contributed by atoms with Crippen molar-refractivity contribution in [3.8, 4) is 5.75 Å². The van der Waals surface area contributed by atoms with E-state index in [4.69, 9.17) is 16.3 Å². The number of nitrogens with one attached hydrogen (secondary N) is 1. The van der Waals surface area contributed by atoms with Gasteiger partial charge >= 0.3 is 0 Å². The molecule has 1 aliphatic heterocycles. The largest absolute Gasteiger partial charge is 0.440 e. The Balaban J connectivity index is 1.61. The van der Waals surface area contributed by atoms with Crippen molar-refractivity contribution in [3.63, 3.8) is 0 Å². The molecule has 0 radical (unpaired) electrons. The minimum atomic E-state index is -0.0503. The van der Waals surface area contributed by atoms with Gasteiger partial charge in [-0.1, -0.05) is 72.3 Å². The smallest absolute Gasteiger partial charge is 0.205 e. The fourth-order valence-electron chi connectivity index (χ4n) is 3.73. The summed E-state index contributed by atoms with van der Waals surface area (Å²) >= 11 is 6.01. The van der Waals surface area contributed by atoms with Crippen LogP contribution in [0.2, 0.25) is 5.02 Å². The van der Waals surface area contributed by atoms with Crippen molar-refractivity contribution in [2.75, 3.05) is 5.32 Å².